The van der Waals surface area contributed by atoms with E-state index in [4.69, 9.17) is 23.2 Å². The van der Waals surface area contributed by atoms with Crippen molar-refractivity contribution in [3.63, 3.8) is 0 Å². The molecule has 0 saturated carbocycles. The summed E-state index contributed by atoms with van der Waals surface area (Å²) in [5.74, 6) is 0.176. The fourth-order valence-electron chi connectivity index (χ4n) is 2.29. The summed E-state index contributed by atoms with van der Waals surface area (Å²) >= 11 is 12.2. The molecule has 0 fully saturated rings. The van der Waals surface area contributed by atoms with Gasteiger partial charge in [-0.2, -0.15) is 5.10 Å². The molecule has 0 radical (unpaired) electrons. The van der Waals surface area contributed by atoms with E-state index in [1.807, 2.05) is 24.3 Å². The zero-order valence-electron chi connectivity index (χ0n) is 10.5. The smallest absolute Gasteiger partial charge is 0.124 e. The molecule has 3 nitrogen and oxygen atoms in total. The van der Waals surface area contributed by atoms with Gasteiger partial charge in [-0.05, 0) is 29.8 Å². The first-order chi connectivity index (χ1) is 9.65. The van der Waals surface area contributed by atoms with Crippen molar-refractivity contribution in [1.82, 2.24) is 5.43 Å². The second kappa shape index (κ2) is 5.35. The van der Waals surface area contributed by atoms with Crippen LogP contribution in [0.1, 0.15) is 23.6 Å². The van der Waals surface area contributed by atoms with Crippen molar-refractivity contribution >= 4 is 28.9 Å². The van der Waals surface area contributed by atoms with E-state index in [0.717, 1.165) is 11.3 Å². The van der Waals surface area contributed by atoms with E-state index in [1.54, 1.807) is 18.2 Å². The summed E-state index contributed by atoms with van der Waals surface area (Å²) in [6.45, 7) is 0. The van der Waals surface area contributed by atoms with Gasteiger partial charge in [0.1, 0.15) is 5.75 Å². The Labute approximate surface area is 126 Å². The van der Waals surface area contributed by atoms with Crippen LogP contribution in [0.3, 0.4) is 0 Å². The predicted molar refractivity (Wildman–Crippen MR) is 81.6 cm³/mol. The Hall–Kier alpha value is -1.71. The summed E-state index contributed by atoms with van der Waals surface area (Å²) in [7, 11) is 0. The number of phenols is 1. The first-order valence-electron chi connectivity index (χ1n) is 6.20. The van der Waals surface area contributed by atoms with Crippen molar-refractivity contribution in [3.05, 3.63) is 63.6 Å². The molecular weight excluding hydrogens is 295 g/mol. The molecule has 5 heteroatoms. The Morgan fingerprint density at radius 2 is 1.95 bits per heavy atom. The second-order valence-corrected chi connectivity index (χ2v) is 5.47. The van der Waals surface area contributed by atoms with Crippen molar-refractivity contribution in [2.45, 2.75) is 12.5 Å². The van der Waals surface area contributed by atoms with Gasteiger partial charge in [-0.15, -0.1) is 0 Å². The maximum atomic E-state index is 9.91. The highest BCUT2D eigenvalue weighted by Crippen LogP contribution is 2.32. The van der Waals surface area contributed by atoms with Crippen LogP contribution in [0.25, 0.3) is 0 Å². The van der Waals surface area contributed by atoms with E-state index < -0.39 is 0 Å². The average molecular weight is 307 g/mol. The molecule has 20 heavy (non-hydrogen) atoms. The van der Waals surface area contributed by atoms with E-state index in [9.17, 15) is 5.11 Å². The van der Waals surface area contributed by atoms with Gasteiger partial charge in [-0.1, -0.05) is 41.4 Å². The molecule has 2 N–H and O–H groups in total. The zero-order valence-corrected chi connectivity index (χ0v) is 12.0. The third kappa shape index (κ3) is 2.47. The van der Waals surface area contributed by atoms with Crippen molar-refractivity contribution in [1.29, 1.82) is 0 Å². The molecular formula is C15H12Cl2N2O. The lowest BCUT2D eigenvalue weighted by molar-refractivity contribution is 0.474. The minimum atomic E-state index is 0.0112. The maximum absolute atomic E-state index is 9.91. The lowest BCUT2D eigenvalue weighted by atomic mass is 9.98. The SMILES string of the molecule is Oc1ccc(Cl)cc1C1=NNC(c2ccccc2Cl)C1. The Kier molecular flexibility index (Phi) is 3.55. The average Bonchev–Trinajstić information content (AvgIpc) is 2.91. The van der Waals surface area contributed by atoms with Crippen molar-refractivity contribution in [3.8, 4) is 5.75 Å². The molecule has 1 heterocycles. The molecule has 1 aliphatic heterocycles. The Morgan fingerprint density at radius 1 is 1.15 bits per heavy atom. The van der Waals surface area contributed by atoms with Gasteiger partial charge < -0.3 is 10.5 Å². The van der Waals surface area contributed by atoms with E-state index in [-0.39, 0.29) is 11.8 Å². The Morgan fingerprint density at radius 3 is 2.75 bits per heavy atom. The molecule has 2 aromatic rings. The van der Waals surface area contributed by atoms with Gasteiger partial charge in [-0.3, -0.25) is 0 Å². The molecule has 0 amide bonds. The number of hydrazone groups is 1. The van der Waals surface area contributed by atoms with Crippen molar-refractivity contribution in [2.75, 3.05) is 0 Å². The molecule has 0 spiro atoms. The highest BCUT2D eigenvalue weighted by Gasteiger charge is 2.24. The van der Waals surface area contributed by atoms with Crippen LogP contribution in [0.2, 0.25) is 10.0 Å². The number of benzene rings is 2. The molecule has 3 rings (SSSR count). The van der Waals surface area contributed by atoms with Gasteiger partial charge in [0.25, 0.3) is 0 Å². The predicted octanol–water partition coefficient (Wildman–Crippen LogP) is 4.14. The monoisotopic (exact) mass is 306 g/mol. The number of nitrogens with zero attached hydrogens (tertiary/aromatic N) is 1. The van der Waals surface area contributed by atoms with Crippen LogP contribution in [0.15, 0.2) is 47.6 Å². The van der Waals surface area contributed by atoms with E-state index in [1.165, 1.54) is 0 Å². The van der Waals surface area contributed by atoms with Crippen molar-refractivity contribution < 1.29 is 5.11 Å². The number of aromatic hydroxyl groups is 1. The van der Waals surface area contributed by atoms with Crippen LogP contribution in [0, 0.1) is 0 Å². The van der Waals surface area contributed by atoms with E-state index in [0.29, 0.717) is 22.0 Å². The van der Waals surface area contributed by atoms with Crippen LogP contribution in [-0.2, 0) is 0 Å². The lowest BCUT2D eigenvalue weighted by Crippen LogP contribution is -2.10. The van der Waals surface area contributed by atoms with Gasteiger partial charge in [0, 0.05) is 22.0 Å². The van der Waals surface area contributed by atoms with Crippen molar-refractivity contribution in [2.24, 2.45) is 5.10 Å². The van der Waals surface area contributed by atoms with E-state index >= 15 is 0 Å². The molecule has 0 aliphatic carbocycles. The first-order valence-corrected chi connectivity index (χ1v) is 6.96. The van der Waals surface area contributed by atoms with Crippen LogP contribution in [0.5, 0.6) is 5.75 Å². The van der Waals surface area contributed by atoms with E-state index in [2.05, 4.69) is 10.5 Å². The third-order valence-corrected chi connectivity index (χ3v) is 3.88. The molecule has 1 unspecified atom stereocenters. The summed E-state index contributed by atoms with van der Waals surface area (Å²) in [5, 5.41) is 15.5. The fraction of sp³-hybridized carbons (Fsp3) is 0.133. The molecule has 102 valence electrons. The maximum Gasteiger partial charge on any atom is 0.124 e. The summed E-state index contributed by atoms with van der Waals surface area (Å²) < 4.78 is 0. The lowest BCUT2D eigenvalue weighted by Gasteiger charge is -2.12. The van der Waals surface area contributed by atoms with Crippen LogP contribution < -0.4 is 5.43 Å². The molecule has 2 aromatic carbocycles. The van der Waals surface area contributed by atoms with Gasteiger partial charge in [0.15, 0.2) is 0 Å². The number of halogens is 2. The summed E-state index contributed by atoms with van der Waals surface area (Å²) in [4.78, 5) is 0. The standard InChI is InChI=1S/C15H12Cl2N2O/c16-9-5-6-15(20)11(7-9)14-8-13(18-19-14)10-3-1-2-4-12(10)17/h1-7,13,18,20H,8H2. The molecule has 1 atom stereocenters. The number of rotatable bonds is 2. The Balaban J connectivity index is 1.86. The quantitative estimate of drug-likeness (QED) is 0.876. The topological polar surface area (TPSA) is 44.6 Å². The van der Waals surface area contributed by atoms with Crippen LogP contribution >= 0.6 is 23.2 Å². The number of hydrogen-bond acceptors (Lipinski definition) is 3. The largest absolute Gasteiger partial charge is 0.507 e. The Bertz CT molecular complexity index is 685. The van der Waals surface area contributed by atoms with Gasteiger partial charge in [-0.25, -0.2) is 0 Å². The highest BCUT2D eigenvalue weighted by atomic mass is 35.5. The highest BCUT2D eigenvalue weighted by molar-refractivity contribution is 6.31. The third-order valence-electron chi connectivity index (χ3n) is 3.30. The summed E-state index contributed by atoms with van der Waals surface area (Å²) in [6.07, 6.45) is 0.650. The van der Waals surface area contributed by atoms with Gasteiger partial charge >= 0.3 is 0 Å². The van der Waals surface area contributed by atoms with Crippen LogP contribution in [-0.4, -0.2) is 10.8 Å². The fourth-order valence-corrected chi connectivity index (χ4v) is 2.73. The second-order valence-electron chi connectivity index (χ2n) is 4.63. The number of hydrogen-bond donors (Lipinski definition) is 2. The number of phenolic OH excluding ortho intramolecular Hbond substituents is 1. The summed E-state index contributed by atoms with van der Waals surface area (Å²) in [6, 6.07) is 12.6. The minimum absolute atomic E-state index is 0.0112. The number of nitrogens with one attached hydrogen (secondary N) is 1. The molecule has 0 saturated heterocycles. The molecule has 0 aromatic heterocycles. The minimum Gasteiger partial charge on any atom is -0.507 e. The van der Waals surface area contributed by atoms with Gasteiger partial charge in [0.05, 0.1) is 11.8 Å². The molecule has 0 bridgehead atoms. The van der Waals surface area contributed by atoms with Crippen LogP contribution in [0.4, 0.5) is 0 Å². The van der Waals surface area contributed by atoms with Gasteiger partial charge in [0.2, 0.25) is 0 Å². The normalized spacial score (nSPS) is 17.7. The summed E-state index contributed by atoms with van der Waals surface area (Å²) in [5.41, 5.74) is 5.48. The zero-order chi connectivity index (χ0) is 14.1. The molecule has 1 aliphatic rings. The first kappa shape index (κ1) is 13.3.